The van der Waals surface area contributed by atoms with Gasteiger partial charge in [0, 0.05) is 17.4 Å². The maximum atomic E-state index is 13.4. The third-order valence-corrected chi connectivity index (χ3v) is 5.30. The molecule has 6 heteroatoms. The van der Waals surface area contributed by atoms with E-state index in [-0.39, 0.29) is 28.6 Å². The van der Waals surface area contributed by atoms with Crippen molar-refractivity contribution in [2.45, 2.75) is 13.8 Å². The minimum Gasteiger partial charge on any atom is -0.497 e. The van der Waals surface area contributed by atoms with Crippen molar-refractivity contribution in [1.29, 1.82) is 0 Å². The van der Waals surface area contributed by atoms with E-state index < -0.39 is 0 Å². The zero-order chi connectivity index (χ0) is 22.1. The number of anilines is 2. The number of nitrogens with two attached hydrogens (primary N) is 1. The number of benzene rings is 2. The number of aromatic nitrogens is 1. The monoisotopic (exact) mass is 413 g/mol. The van der Waals surface area contributed by atoms with Gasteiger partial charge in [-0.2, -0.15) is 0 Å². The second-order valence-electron chi connectivity index (χ2n) is 7.43. The highest BCUT2D eigenvalue weighted by molar-refractivity contribution is 6.20. The number of amides is 1. The summed E-state index contributed by atoms with van der Waals surface area (Å²) < 4.78 is 6.90. The number of nitrogens with zero attached hydrogens (tertiary/aromatic N) is 1. The van der Waals surface area contributed by atoms with Crippen LogP contribution in [0.1, 0.15) is 37.5 Å². The summed E-state index contributed by atoms with van der Waals surface area (Å²) in [4.78, 5) is 26.6. The number of nitrogen functional groups attached to an aromatic ring is 1. The van der Waals surface area contributed by atoms with Crippen molar-refractivity contribution >= 4 is 28.6 Å². The van der Waals surface area contributed by atoms with Crippen molar-refractivity contribution in [2.24, 2.45) is 0 Å². The summed E-state index contributed by atoms with van der Waals surface area (Å²) in [7, 11) is 1.54. The standard InChI is InChI=1S/C25H23N3O3/c1-15-10-11-16(2)19(13-15)27-25(30)21-20-9-4-5-12-28(20)23(22(21)26)24(29)17-7-6-8-18(14-17)31-3/h4-14H,26H2,1-3H3,(H,27,30). The Kier molecular flexibility index (Phi) is 5.21. The van der Waals surface area contributed by atoms with E-state index in [1.165, 1.54) is 0 Å². The summed E-state index contributed by atoms with van der Waals surface area (Å²) in [5, 5.41) is 2.95. The van der Waals surface area contributed by atoms with Gasteiger partial charge < -0.3 is 20.2 Å². The van der Waals surface area contributed by atoms with Gasteiger partial charge in [0.05, 0.1) is 23.9 Å². The van der Waals surface area contributed by atoms with Crippen LogP contribution in [0.5, 0.6) is 5.75 Å². The Bertz CT molecular complexity index is 1320. The van der Waals surface area contributed by atoms with Crippen LogP contribution >= 0.6 is 0 Å². The number of ether oxygens (including phenoxy) is 1. The van der Waals surface area contributed by atoms with E-state index in [2.05, 4.69) is 5.32 Å². The molecular weight excluding hydrogens is 390 g/mol. The maximum absolute atomic E-state index is 13.4. The molecule has 156 valence electrons. The fraction of sp³-hybridized carbons (Fsp3) is 0.120. The number of rotatable bonds is 5. The number of carbonyl (C=O) groups is 2. The molecule has 0 radical (unpaired) electrons. The summed E-state index contributed by atoms with van der Waals surface area (Å²) in [5.74, 6) is -0.0823. The predicted octanol–water partition coefficient (Wildman–Crippen LogP) is 4.63. The van der Waals surface area contributed by atoms with Crippen LogP contribution in [0.3, 0.4) is 0 Å². The number of hydrogen-bond acceptors (Lipinski definition) is 4. The molecule has 1 amide bonds. The molecule has 0 bridgehead atoms. The van der Waals surface area contributed by atoms with E-state index in [0.29, 0.717) is 22.5 Å². The summed E-state index contributed by atoms with van der Waals surface area (Å²) in [6.07, 6.45) is 1.73. The van der Waals surface area contributed by atoms with Gasteiger partial charge in [0.1, 0.15) is 11.4 Å². The first-order valence-electron chi connectivity index (χ1n) is 9.86. The number of methoxy groups -OCH3 is 1. The quantitative estimate of drug-likeness (QED) is 0.467. The fourth-order valence-corrected chi connectivity index (χ4v) is 3.65. The van der Waals surface area contributed by atoms with Gasteiger partial charge in [0.15, 0.2) is 0 Å². The molecule has 2 aromatic heterocycles. The van der Waals surface area contributed by atoms with Gasteiger partial charge in [-0.15, -0.1) is 0 Å². The highest BCUT2D eigenvalue weighted by Crippen LogP contribution is 2.30. The number of fused-ring (bicyclic) bond motifs is 1. The van der Waals surface area contributed by atoms with Crippen LogP contribution in [0.4, 0.5) is 11.4 Å². The first kappa shape index (κ1) is 20.2. The molecule has 0 atom stereocenters. The molecule has 4 aromatic rings. The number of nitrogens with one attached hydrogen (secondary N) is 1. The van der Waals surface area contributed by atoms with E-state index in [1.807, 2.05) is 38.1 Å². The topological polar surface area (TPSA) is 85.8 Å². The number of ketones is 1. The van der Waals surface area contributed by atoms with Crippen LogP contribution in [-0.2, 0) is 0 Å². The zero-order valence-electron chi connectivity index (χ0n) is 17.6. The molecule has 31 heavy (non-hydrogen) atoms. The van der Waals surface area contributed by atoms with Crippen molar-refractivity contribution in [3.8, 4) is 5.75 Å². The molecule has 2 aromatic carbocycles. The number of pyridine rings is 1. The second kappa shape index (κ2) is 7.99. The number of aryl methyl sites for hydroxylation is 2. The van der Waals surface area contributed by atoms with Crippen LogP contribution in [-0.4, -0.2) is 23.2 Å². The molecule has 0 unspecified atom stereocenters. The summed E-state index contributed by atoms with van der Waals surface area (Å²) in [6, 6.07) is 18.1. The molecule has 0 fully saturated rings. The van der Waals surface area contributed by atoms with Crippen LogP contribution < -0.4 is 15.8 Å². The Morgan fingerprint density at radius 3 is 2.58 bits per heavy atom. The van der Waals surface area contributed by atoms with Crippen molar-refractivity contribution in [1.82, 2.24) is 4.40 Å². The van der Waals surface area contributed by atoms with Crippen LogP contribution in [0.15, 0.2) is 66.9 Å². The van der Waals surface area contributed by atoms with Gasteiger partial charge in [-0.1, -0.05) is 30.3 Å². The van der Waals surface area contributed by atoms with Crippen molar-refractivity contribution in [3.05, 3.63) is 94.8 Å². The molecule has 0 saturated carbocycles. The lowest BCUT2D eigenvalue weighted by molar-refractivity contribution is 0.102. The average Bonchev–Trinajstić information content (AvgIpc) is 3.07. The SMILES string of the molecule is COc1cccc(C(=O)c2c(N)c(C(=O)Nc3cc(C)ccc3C)c3ccccn23)c1. The van der Waals surface area contributed by atoms with E-state index in [1.54, 1.807) is 54.1 Å². The smallest absolute Gasteiger partial charge is 0.259 e. The highest BCUT2D eigenvalue weighted by atomic mass is 16.5. The van der Waals surface area contributed by atoms with E-state index in [4.69, 9.17) is 10.5 Å². The molecule has 0 spiro atoms. The van der Waals surface area contributed by atoms with Crippen LogP contribution in [0, 0.1) is 13.8 Å². The average molecular weight is 413 g/mol. The molecular formula is C25H23N3O3. The molecule has 3 N–H and O–H groups in total. The molecule has 0 aliphatic rings. The Morgan fingerprint density at radius 1 is 1.00 bits per heavy atom. The zero-order valence-corrected chi connectivity index (χ0v) is 17.6. The summed E-state index contributed by atoms with van der Waals surface area (Å²) >= 11 is 0. The Balaban J connectivity index is 1.82. The van der Waals surface area contributed by atoms with E-state index >= 15 is 0 Å². The third kappa shape index (κ3) is 3.64. The van der Waals surface area contributed by atoms with Gasteiger partial charge >= 0.3 is 0 Å². The van der Waals surface area contributed by atoms with Gasteiger partial charge in [0.25, 0.3) is 5.91 Å². The second-order valence-corrected chi connectivity index (χ2v) is 7.43. The minimum absolute atomic E-state index is 0.141. The Labute approximate surface area is 180 Å². The normalized spacial score (nSPS) is 10.8. The van der Waals surface area contributed by atoms with E-state index in [9.17, 15) is 9.59 Å². The van der Waals surface area contributed by atoms with E-state index in [0.717, 1.165) is 11.1 Å². The molecule has 4 rings (SSSR count). The number of carbonyl (C=O) groups excluding carboxylic acids is 2. The molecule has 0 aliphatic carbocycles. The predicted molar refractivity (Wildman–Crippen MR) is 122 cm³/mol. The van der Waals surface area contributed by atoms with Gasteiger partial charge in [-0.25, -0.2) is 0 Å². The fourth-order valence-electron chi connectivity index (χ4n) is 3.65. The number of hydrogen-bond donors (Lipinski definition) is 2. The highest BCUT2D eigenvalue weighted by Gasteiger charge is 2.26. The minimum atomic E-state index is -0.361. The van der Waals surface area contributed by atoms with Crippen LogP contribution in [0.25, 0.3) is 5.52 Å². The lowest BCUT2D eigenvalue weighted by Crippen LogP contribution is -2.15. The van der Waals surface area contributed by atoms with Crippen LogP contribution in [0.2, 0.25) is 0 Å². The summed E-state index contributed by atoms with van der Waals surface area (Å²) in [6.45, 7) is 3.89. The molecule has 6 nitrogen and oxygen atoms in total. The lowest BCUT2D eigenvalue weighted by Gasteiger charge is -2.09. The third-order valence-electron chi connectivity index (χ3n) is 5.30. The largest absolute Gasteiger partial charge is 0.497 e. The Hall–Kier alpha value is -4.06. The van der Waals surface area contributed by atoms with Crippen molar-refractivity contribution in [2.75, 3.05) is 18.2 Å². The Morgan fingerprint density at radius 2 is 1.81 bits per heavy atom. The van der Waals surface area contributed by atoms with Gasteiger partial charge in [-0.05, 0) is 55.3 Å². The van der Waals surface area contributed by atoms with Gasteiger partial charge in [0.2, 0.25) is 5.78 Å². The lowest BCUT2D eigenvalue weighted by atomic mass is 10.1. The molecule has 0 aliphatic heterocycles. The van der Waals surface area contributed by atoms with Crippen molar-refractivity contribution in [3.63, 3.8) is 0 Å². The first-order valence-corrected chi connectivity index (χ1v) is 9.86. The first-order chi connectivity index (χ1) is 14.9. The van der Waals surface area contributed by atoms with Crippen molar-refractivity contribution < 1.29 is 14.3 Å². The molecule has 2 heterocycles. The maximum Gasteiger partial charge on any atom is 0.259 e. The van der Waals surface area contributed by atoms with Gasteiger partial charge in [-0.3, -0.25) is 9.59 Å². The summed E-state index contributed by atoms with van der Waals surface area (Å²) in [5.41, 5.74) is 10.7. The molecule has 0 saturated heterocycles.